The highest BCUT2D eigenvalue weighted by Crippen LogP contribution is 2.55. The van der Waals surface area contributed by atoms with Crippen molar-refractivity contribution in [3.63, 3.8) is 0 Å². The van der Waals surface area contributed by atoms with E-state index in [0.29, 0.717) is 0 Å². The van der Waals surface area contributed by atoms with E-state index in [1.54, 1.807) is 0 Å². The van der Waals surface area contributed by atoms with Gasteiger partial charge in [0.15, 0.2) is 8.07 Å². The van der Waals surface area contributed by atoms with Crippen molar-refractivity contribution >= 4 is 90.0 Å². The van der Waals surface area contributed by atoms with Gasteiger partial charge in [-0.05, 0) is 134 Å². The lowest BCUT2D eigenvalue weighted by molar-refractivity contribution is 1.18. The minimum absolute atomic E-state index is 1.13. The molecule has 2 aliphatic heterocycles. The third-order valence-corrected chi connectivity index (χ3v) is 20.8. The maximum Gasteiger partial charge on any atom is 0.180 e. The molecule has 0 saturated heterocycles. The van der Waals surface area contributed by atoms with Crippen LogP contribution in [0, 0.1) is 0 Å². The lowest BCUT2D eigenvalue weighted by Crippen LogP contribution is -2.72. The standard InChI is InChI=1S/C66H43NSSi/c1-4-20-45(21-5-1)64-54-30-12-14-32-56(54)65(57-33-15-13-31-55(57)64)48-22-18-23-49(41-48)67-59-38-35-44-19-10-11-28-52(44)66(59)68-61-39-36-47(43-60(61)67)46-37-40-63-58(42-46)53-29-16-17-34-62(53)69(63,50-24-6-2-7-25-50)51-26-8-3-9-27-51/h1-43H. The van der Waals surface area contributed by atoms with Crippen LogP contribution in [-0.4, -0.2) is 8.07 Å². The Bertz CT molecular complexity index is 3900. The van der Waals surface area contributed by atoms with Crippen LogP contribution >= 0.6 is 11.8 Å². The van der Waals surface area contributed by atoms with Gasteiger partial charge in [0.25, 0.3) is 0 Å². The van der Waals surface area contributed by atoms with E-state index in [-0.39, 0.29) is 0 Å². The van der Waals surface area contributed by atoms with Gasteiger partial charge in [-0.15, -0.1) is 0 Å². The van der Waals surface area contributed by atoms with Crippen molar-refractivity contribution in [3.8, 4) is 44.5 Å². The molecule has 0 fully saturated rings. The number of nitrogens with zero attached hydrogens (tertiary/aromatic N) is 1. The number of hydrogen-bond acceptors (Lipinski definition) is 2. The van der Waals surface area contributed by atoms with Crippen molar-refractivity contribution in [2.45, 2.75) is 9.79 Å². The molecule has 12 aromatic rings. The zero-order valence-corrected chi connectivity index (χ0v) is 39.5. The Balaban J connectivity index is 0.961. The summed E-state index contributed by atoms with van der Waals surface area (Å²) in [7, 11) is -2.59. The van der Waals surface area contributed by atoms with E-state index < -0.39 is 8.07 Å². The maximum absolute atomic E-state index is 2.59. The van der Waals surface area contributed by atoms with Crippen molar-refractivity contribution < 1.29 is 0 Å². The van der Waals surface area contributed by atoms with E-state index in [1.165, 1.54) is 119 Å². The molecule has 0 bridgehead atoms. The second-order valence-electron chi connectivity index (χ2n) is 18.3. The Kier molecular flexibility index (Phi) is 9.23. The Morgan fingerprint density at radius 3 is 1.55 bits per heavy atom. The summed E-state index contributed by atoms with van der Waals surface area (Å²) >= 11 is 1.89. The highest BCUT2D eigenvalue weighted by Gasteiger charge is 2.48. The fourth-order valence-electron chi connectivity index (χ4n) is 11.8. The average molecular weight is 910 g/mol. The first kappa shape index (κ1) is 39.9. The van der Waals surface area contributed by atoms with Gasteiger partial charge < -0.3 is 4.90 Å². The molecule has 1 nitrogen and oxygen atoms in total. The van der Waals surface area contributed by atoms with E-state index in [2.05, 4.69) is 266 Å². The van der Waals surface area contributed by atoms with Gasteiger partial charge in [0.2, 0.25) is 0 Å². The molecule has 322 valence electrons. The minimum atomic E-state index is -2.59. The van der Waals surface area contributed by atoms with Crippen molar-refractivity contribution in [1.82, 2.24) is 0 Å². The van der Waals surface area contributed by atoms with Crippen LogP contribution in [0.4, 0.5) is 17.1 Å². The Hall–Kier alpha value is -8.21. The van der Waals surface area contributed by atoms with Crippen LogP contribution < -0.4 is 25.6 Å². The highest BCUT2D eigenvalue weighted by atomic mass is 32.2. The Morgan fingerprint density at radius 1 is 0.319 bits per heavy atom. The van der Waals surface area contributed by atoms with E-state index in [1.807, 2.05) is 11.8 Å². The molecule has 0 unspecified atom stereocenters. The van der Waals surface area contributed by atoms with E-state index >= 15 is 0 Å². The first-order chi connectivity index (χ1) is 34.2. The molecule has 0 aliphatic carbocycles. The molecule has 12 aromatic carbocycles. The van der Waals surface area contributed by atoms with E-state index in [0.717, 1.165) is 5.69 Å². The molecule has 0 atom stereocenters. The summed E-state index contributed by atoms with van der Waals surface area (Å²) in [5.41, 5.74) is 13.6. The number of benzene rings is 12. The zero-order chi connectivity index (χ0) is 45.5. The fraction of sp³-hybridized carbons (Fsp3) is 0. The molecule has 0 spiro atoms. The topological polar surface area (TPSA) is 3.24 Å². The molecule has 0 radical (unpaired) electrons. The molecule has 0 aromatic heterocycles. The summed E-state index contributed by atoms with van der Waals surface area (Å²) in [6.07, 6.45) is 0. The molecule has 14 rings (SSSR count). The summed E-state index contributed by atoms with van der Waals surface area (Å²) < 4.78 is 0. The molecule has 2 heterocycles. The SMILES string of the molecule is c1ccc(-c2c3ccccc3c(-c3cccc(N4c5cc(-c6ccc7c(c6)-c6ccccc6[Si]7(c6ccccc6)c6ccccc6)ccc5Sc5c4ccc4ccccc54)c3)c3ccccc23)cc1. The summed E-state index contributed by atoms with van der Waals surface area (Å²) in [6.45, 7) is 0. The normalized spacial score (nSPS) is 13.2. The lowest BCUT2D eigenvalue weighted by Gasteiger charge is -2.34. The van der Waals surface area contributed by atoms with Crippen LogP contribution in [0.15, 0.2) is 271 Å². The molecule has 0 amide bonds. The predicted molar refractivity (Wildman–Crippen MR) is 297 cm³/mol. The average Bonchev–Trinajstić information content (AvgIpc) is 3.72. The molecule has 0 saturated carbocycles. The monoisotopic (exact) mass is 909 g/mol. The van der Waals surface area contributed by atoms with Gasteiger partial charge >= 0.3 is 0 Å². The third kappa shape index (κ3) is 6.11. The molecule has 3 heteroatoms. The van der Waals surface area contributed by atoms with Crippen LogP contribution in [0.5, 0.6) is 0 Å². The van der Waals surface area contributed by atoms with Gasteiger partial charge in [0, 0.05) is 15.5 Å². The van der Waals surface area contributed by atoms with Crippen molar-refractivity contribution in [2.75, 3.05) is 4.90 Å². The predicted octanol–water partition coefficient (Wildman–Crippen LogP) is 15.4. The van der Waals surface area contributed by atoms with Crippen LogP contribution in [0.1, 0.15) is 0 Å². The highest BCUT2D eigenvalue weighted by molar-refractivity contribution is 8.00. The molecule has 69 heavy (non-hydrogen) atoms. The summed E-state index contributed by atoms with van der Waals surface area (Å²) in [5, 5.41) is 13.3. The smallest absolute Gasteiger partial charge is 0.180 e. The van der Waals surface area contributed by atoms with Crippen LogP contribution in [0.25, 0.3) is 76.8 Å². The molecular formula is C66H43NSSi. The van der Waals surface area contributed by atoms with Gasteiger partial charge in [0.05, 0.1) is 11.4 Å². The Labute approximate surface area is 407 Å². The first-order valence-corrected chi connectivity index (χ1v) is 26.6. The van der Waals surface area contributed by atoms with Gasteiger partial charge in [-0.3, -0.25) is 0 Å². The number of rotatable bonds is 6. The summed E-state index contributed by atoms with van der Waals surface area (Å²) in [5.74, 6) is 0. The van der Waals surface area contributed by atoms with Crippen molar-refractivity contribution in [2.24, 2.45) is 0 Å². The second-order valence-corrected chi connectivity index (χ2v) is 23.1. The molecule has 2 aliphatic rings. The zero-order valence-electron chi connectivity index (χ0n) is 37.7. The van der Waals surface area contributed by atoms with Gasteiger partial charge in [0.1, 0.15) is 0 Å². The van der Waals surface area contributed by atoms with E-state index in [4.69, 9.17) is 0 Å². The number of hydrogen-bond donors (Lipinski definition) is 0. The minimum Gasteiger partial charge on any atom is -0.308 e. The molecular weight excluding hydrogens is 867 g/mol. The fourth-order valence-corrected chi connectivity index (χ4v) is 18.1. The van der Waals surface area contributed by atoms with Crippen molar-refractivity contribution in [3.05, 3.63) is 261 Å². The largest absolute Gasteiger partial charge is 0.308 e. The van der Waals surface area contributed by atoms with Gasteiger partial charge in [-0.25, -0.2) is 0 Å². The van der Waals surface area contributed by atoms with E-state index in [9.17, 15) is 0 Å². The third-order valence-electron chi connectivity index (χ3n) is 14.7. The maximum atomic E-state index is 2.52. The van der Waals surface area contributed by atoms with Gasteiger partial charge in [-0.1, -0.05) is 236 Å². The van der Waals surface area contributed by atoms with Crippen LogP contribution in [0.3, 0.4) is 0 Å². The first-order valence-electron chi connectivity index (χ1n) is 23.8. The summed E-state index contributed by atoms with van der Waals surface area (Å²) in [6, 6.07) is 97.7. The lowest BCUT2D eigenvalue weighted by atomic mass is 9.86. The molecule has 0 N–H and O–H groups in total. The van der Waals surface area contributed by atoms with Crippen LogP contribution in [-0.2, 0) is 0 Å². The quantitative estimate of drug-likeness (QED) is 0.121. The van der Waals surface area contributed by atoms with Crippen LogP contribution in [0.2, 0.25) is 0 Å². The van der Waals surface area contributed by atoms with Gasteiger partial charge in [-0.2, -0.15) is 0 Å². The van der Waals surface area contributed by atoms with Crippen molar-refractivity contribution in [1.29, 1.82) is 0 Å². The second kappa shape index (κ2) is 16.0. The Morgan fingerprint density at radius 2 is 0.855 bits per heavy atom. The number of fused-ring (bicyclic) bond motifs is 9. The summed E-state index contributed by atoms with van der Waals surface area (Å²) in [4.78, 5) is 5.04. The number of anilines is 3.